The normalized spacial score (nSPS) is 11.7. The zero-order chi connectivity index (χ0) is 28.3. The van der Waals surface area contributed by atoms with Gasteiger partial charge in [-0.1, -0.05) is 97.1 Å². The van der Waals surface area contributed by atoms with Gasteiger partial charge in [0.1, 0.15) is 11.0 Å². The van der Waals surface area contributed by atoms with E-state index in [4.69, 9.17) is 19.6 Å². The lowest BCUT2D eigenvalue weighted by molar-refractivity contribution is 0.316. The Bertz CT molecular complexity index is 2500. The Balaban J connectivity index is 1.17. The van der Waals surface area contributed by atoms with Crippen LogP contribution in [0.3, 0.4) is 0 Å². The summed E-state index contributed by atoms with van der Waals surface area (Å²) in [5.74, 6) is 0. The summed E-state index contributed by atoms with van der Waals surface area (Å²) in [7, 11) is 0. The Kier molecular flexibility index (Phi) is 5.10. The van der Waals surface area contributed by atoms with Crippen molar-refractivity contribution >= 4 is 54.5 Å². The Morgan fingerprint density at radius 1 is 0.395 bits per heavy atom. The number of hydrogen-bond donors (Lipinski definition) is 0. The minimum Gasteiger partial charge on any atom is -0.247 e. The zero-order valence-corrected chi connectivity index (χ0v) is 22.8. The van der Waals surface area contributed by atoms with Gasteiger partial charge in [-0.3, -0.25) is 0 Å². The highest BCUT2D eigenvalue weighted by Crippen LogP contribution is 2.37. The average molecular weight is 552 g/mol. The van der Waals surface area contributed by atoms with Crippen molar-refractivity contribution in [1.29, 1.82) is 0 Å². The number of fused-ring (bicyclic) bond motifs is 8. The van der Waals surface area contributed by atoms with Gasteiger partial charge in [0.25, 0.3) is 0 Å². The summed E-state index contributed by atoms with van der Waals surface area (Å²) in [6.45, 7) is 0. The van der Waals surface area contributed by atoms with Crippen LogP contribution in [-0.2, 0) is 0 Å². The van der Waals surface area contributed by atoms with E-state index in [0.29, 0.717) is 0 Å². The SMILES string of the molecule is c1ccc(-c2ccc3ccc4ccc(-c5ccc(-c6nc7ccccc7c7c6ccc6nonc67)cc5)nc4c3n2)cc1. The monoisotopic (exact) mass is 551 g/mol. The van der Waals surface area contributed by atoms with Crippen LogP contribution < -0.4 is 0 Å². The van der Waals surface area contributed by atoms with Crippen LogP contribution in [0, 0.1) is 0 Å². The Hall–Kier alpha value is -6.01. The number of pyridine rings is 3. The summed E-state index contributed by atoms with van der Waals surface area (Å²) in [6.07, 6.45) is 0. The van der Waals surface area contributed by atoms with E-state index in [1.165, 1.54) is 0 Å². The molecule has 5 aromatic carbocycles. The third-order valence-corrected chi connectivity index (χ3v) is 8.13. The van der Waals surface area contributed by atoms with Crippen LogP contribution in [0.1, 0.15) is 0 Å². The van der Waals surface area contributed by atoms with Crippen LogP contribution in [0.4, 0.5) is 0 Å². The lowest BCUT2D eigenvalue weighted by Gasteiger charge is -2.11. The molecule has 0 amide bonds. The molecule has 0 saturated carbocycles. The molecule has 0 N–H and O–H groups in total. The van der Waals surface area contributed by atoms with E-state index in [0.717, 1.165) is 88.3 Å². The van der Waals surface area contributed by atoms with Gasteiger partial charge in [-0.2, -0.15) is 0 Å². The second-order valence-corrected chi connectivity index (χ2v) is 10.6. The van der Waals surface area contributed by atoms with Crippen LogP contribution in [0.5, 0.6) is 0 Å². The summed E-state index contributed by atoms with van der Waals surface area (Å²) in [5, 5.41) is 13.4. The molecule has 0 bridgehead atoms. The third kappa shape index (κ3) is 3.77. The first-order chi connectivity index (χ1) is 21.3. The van der Waals surface area contributed by atoms with E-state index in [-0.39, 0.29) is 0 Å². The van der Waals surface area contributed by atoms with Crippen molar-refractivity contribution in [2.45, 2.75) is 0 Å². The first kappa shape index (κ1) is 23.7. The summed E-state index contributed by atoms with van der Waals surface area (Å²) in [6, 6.07) is 43.4. The molecule has 0 saturated heterocycles. The Morgan fingerprint density at radius 3 is 1.77 bits per heavy atom. The highest BCUT2D eigenvalue weighted by Gasteiger charge is 2.16. The van der Waals surface area contributed by atoms with Crippen molar-refractivity contribution in [3.63, 3.8) is 0 Å². The van der Waals surface area contributed by atoms with Crippen molar-refractivity contribution in [3.8, 4) is 33.8 Å². The molecule has 4 heterocycles. The zero-order valence-electron chi connectivity index (χ0n) is 22.8. The summed E-state index contributed by atoms with van der Waals surface area (Å²) >= 11 is 0. The average Bonchev–Trinajstić information content (AvgIpc) is 3.57. The number of para-hydroxylation sites is 1. The summed E-state index contributed by atoms with van der Waals surface area (Å²) in [4.78, 5) is 15.2. The largest absolute Gasteiger partial charge is 0.247 e. The molecule has 0 atom stereocenters. The van der Waals surface area contributed by atoms with Gasteiger partial charge in [0.2, 0.25) is 0 Å². The quantitative estimate of drug-likeness (QED) is 0.204. The van der Waals surface area contributed by atoms with Crippen molar-refractivity contribution in [2.24, 2.45) is 0 Å². The molecule has 0 aliphatic heterocycles. The molecule has 0 fully saturated rings. The van der Waals surface area contributed by atoms with E-state index in [2.05, 4.69) is 95.2 Å². The molecule has 9 aromatic rings. The van der Waals surface area contributed by atoms with Crippen molar-refractivity contribution in [3.05, 3.63) is 127 Å². The van der Waals surface area contributed by atoms with Gasteiger partial charge in [0.15, 0.2) is 0 Å². The number of aromatic nitrogens is 5. The molecule has 0 radical (unpaired) electrons. The Morgan fingerprint density at radius 2 is 1.02 bits per heavy atom. The maximum atomic E-state index is 5.13. The van der Waals surface area contributed by atoms with Gasteiger partial charge in [-0.05, 0) is 40.6 Å². The van der Waals surface area contributed by atoms with Gasteiger partial charge in [0.05, 0.1) is 33.6 Å². The fraction of sp³-hybridized carbons (Fsp3) is 0. The van der Waals surface area contributed by atoms with Crippen LogP contribution in [0.25, 0.3) is 88.3 Å². The molecule has 0 spiro atoms. The Labute approximate surface area is 245 Å². The predicted octanol–water partition coefficient (Wildman–Crippen LogP) is 9.02. The maximum Gasteiger partial charge on any atom is 0.143 e. The highest BCUT2D eigenvalue weighted by atomic mass is 16.6. The van der Waals surface area contributed by atoms with E-state index < -0.39 is 0 Å². The van der Waals surface area contributed by atoms with Crippen LogP contribution in [-0.4, -0.2) is 25.3 Å². The van der Waals surface area contributed by atoms with Crippen LogP contribution in [0.2, 0.25) is 0 Å². The van der Waals surface area contributed by atoms with Gasteiger partial charge in [-0.15, -0.1) is 0 Å². The predicted molar refractivity (Wildman–Crippen MR) is 172 cm³/mol. The molecule has 200 valence electrons. The molecule has 6 nitrogen and oxygen atoms in total. The summed E-state index contributed by atoms with van der Waals surface area (Å²) < 4.78 is 5.09. The number of nitrogens with zero attached hydrogens (tertiary/aromatic N) is 5. The van der Waals surface area contributed by atoms with Crippen molar-refractivity contribution in [2.75, 3.05) is 0 Å². The highest BCUT2D eigenvalue weighted by molar-refractivity contribution is 6.20. The second-order valence-electron chi connectivity index (χ2n) is 10.6. The van der Waals surface area contributed by atoms with E-state index in [1.54, 1.807) is 0 Å². The van der Waals surface area contributed by atoms with E-state index >= 15 is 0 Å². The minimum atomic E-state index is 0.727. The molecule has 0 aliphatic rings. The van der Waals surface area contributed by atoms with Gasteiger partial charge in [0, 0.05) is 43.6 Å². The smallest absolute Gasteiger partial charge is 0.143 e. The molecular formula is C37H21N5O. The number of rotatable bonds is 3. The molecule has 0 aliphatic carbocycles. The fourth-order valence-corrected chi connectivity index (χ4v) is 6.00. The molecule has 0 unspecified atom stereocenters. The first-order valence-corrected chi connectivity index (χ1v) is 14.1. The standard InChI is InChI=1S/C37H21N5O/c1-2-6-22(7-3-1)29-19-16-25-14-15-26-17-20-30(39-36(26)35(25)38-29)23-10-12-24(13-11-23)34-28-18-21-32-37(42-43-41-32)33(28)27-8-4-5-9-31(27)40-34/h1-21H. The maximum absolute atomic E-state index is 5.13. The number of hydrogen-bond acceptors (Lipinski definition) is 6. The third-order valence-electron chi connectivity index (χ3n) is 8.13. The molecule has 4 aromatic heterocycles. The van der Waals surface area contributed by atoms with Gasteiger partial charge < -0.3 is 0 Å². The minimum absolute atomic E-state index is 0.727. The van der Waals surface area contributed by atoms with Gasteiger partial charge >= 0.3 is 0 Å². The fourth-order valence-electron chi connectivity index (χ4n) is 6.00. The first-order valence-electron chi connectivity index (χ1n) is 14.1. The molecular weight excluding hydrogens is 530 g/mol. The molecule has 43 heavy (non-hydrogen) atoms. The van der Waals surface area contributed by atoms with Crippen molar-refractivity contribution in [1.82, 2.24) is 25.3 Å². The molecule has 6 heteroatoms. The van der Waals surface area contributed by atoms with E-state index in [9.17, 15) is 0 Å². The van der Waals surface area contributed by atoms with E-state index in [1.807, 2.05) is 42.5 Å². The lowest BCUT2D eigenvalue weighted by Crippen LogP contribution is -1.92. The second kappa shape index (κ2) is 9.26. The molecule has 9 rings (SSSR count). The lowest BCUT2D eigenvalue weighted by atomic mass is 9.98. The number of benzene rings is 5. The topological polar surface area (TPSA) is 77.6 Å². The van der Waals surface area contributed by atoms with Crippen LogP contribution in [0.15, 0.2) is 132 Å². The summed E-state index contributed by atoms with van der Waals surface area (Å²) in [5.41, 5.74) is 10.00. The van der Waals surface area contributed by atoms with Crippen LogP contribution >= 0.6 is 0 Å². The van der Waals surface area contributed by atoms with Crippen molar-refractivity contribution < 1.29 is 4.63 Å². The van der Waals surface area contributed by atoms with Gasteiger partial charge in [-0.25, -0.2) is 19.6 Å².